The number of hydrogen-bond donors (Lipinski definition) is 0. The molecule has 0 amide bonds. The molecule has 1 aliphatic rings. The van der Waals surface area contributed by atoms with Crippen LogP contribution in [0.3, 0.4) is 0 Å². The molecule has 1 saturated heterocycles. The molecular formula is C20H19N3O2. The highest BCUT2D eigenvalue weighted by molar-refractivity contribution is 5.97. The van der Waals surface area contributed by atoms with Gasteiger partial charge >= 0.3 is 6.01 Å². The smallest absolute Gasteiger partial charge is 0.324 e. The number of aromatic nitrogens is 2. The molecule has 0 atom stereocenters. The molecule has 3 aromatic rings. The second-order valence-electron chi connectivity index (χ2n) is 6.26. The number of Topliss-reactive ketones (excluding diaryl/α,β-unsaturated/α-hetero) is 1. The topological polar surface area (TPSA) is 59.2 Å². The lowest BCUT2D eigenvalue weighted by atomic mass is 9.89. The molecule has 0 unspecified atom stereocenters. The number of carbonyl (C=O) groups excluding carboxylic acids is 1. The van der Waals surface area contributed by atoms with Crippen LogP contribution in [0, 0.1) is 5.92 Å². The van der Waals surface area contributed by atoms with Gasteiger partial charge in [0.15, 0.2) is 5.78 Å². The minimum atomic E-state index is 0.0650. The van der Waals surface area contributed by atoms with Crippen molar-refractivity contribution in [2.45, 2.75) is 12.8 Å². The van der Waals surface area contributed by atoms with Crippen LogP contribution in [0.1, 0.15) is 23.2 Å². The summed E-state index contributed by atoms with van der Waals surface area (Å²) in [7, 11) is 0. The molecular weight excluding hydrogens is 314 g/mol. The Morgan fingerprint density at radius 1 is 0.960 bits per heavy atom. The molecule has 0 spiro atoms. The largest absolute Gasteiger partial charge is 0.324 e. The number of piperidine rings is 1. The second-order valence-corrected chi connectivity index (χ2v) is 6.26. The van der Waals surface area contributed by atoms with Gasteiger partial charge in [-0.2, -0.15) is 4.98 Å². The normalized spacial score (nSPS) is 15.3. The Bertz CT molecular complexity index is 838. The first-order valence-corrected chi connectivity index (χ1v) is 8.54. The molecule has 0 radical (unpaired) electrons. The molecule has 25 heavy (non-hydrogen) atoms. The molecule has 126 valence electrons. The maximum absolute atomic E-state index is 12.6. The van der Waals surface area contributed by atoms with E-state index in [1.54, 1.807) is 0 Å². The molecule has 1 fully saturated rings. The molecule has 0 bridgehead atoms. The van der Waals surface area contributed by atoms with Crippen LogP contribution in [0.2, 0.25) is 0 Å². The molecule has 0 aliphatic carbocycles. The average molecular weight is 333 g/mol. The first-order valence-electron chi connectivity index (χ1n) is 8.54. The van der Waals surface area contributed by atoms with E-state index < -0.39 is 0 Å². The zero-order valence-electron chi connectivity index (χ0n) is 13.8. The van der Waals surface area contributed by atoms with Crippen molar-refractivity contribution >= 4 is 11.8 Å². The average Bonchev–Trinajstić information content (AvgIpc) is 3.19. The van der Waals surface area contributed by atoms with Gasteiger partial charge in [-0.05, 0) is 12.8 Å². The fourth-order valence-corrected chi connectivity index (χ4v) is 3.22. The number of anilines is 1. The predicted octanol–water partition coefficient (Wildman–Crippen LogP) is 3.84. The maximum atomic E-state index is 12.6. The van der Waals surface area contributed by atoms with Gasteiger partial charge in [-0.1, -0.05) is 65.8 Å². The summed E-state index contributed by atoms with van der Waals surface area (Å²) in [5.74, 6) is 0.893. The third-order valence-electron chi connectivity index (χ3n) is 4.64. The molecule has 1 aromatic heterocycles. The lowest BCUT2D eigenvalue weighted by Gasteiger charge is -2.29. The van der Waals surface area contributed by atoms with Gasteiger partial charge in [-0.25, -0.2) is 0 Å². The van der Waals surface area contributed by atoms with Crippen LogP contribution in [0.5, 0.6) is 0 Å². The monoisotopic (exact) mass is 333 g/mol. The minimum Gasteiger partial charge on any atom is -0.324 e. The summed E-state index contributed by atoms with van der Waals surface area (Å²) < 4.78 is 5.42. The van der Waals surface area contributed by atoms with Crippen molar-refractivity contribution < 1.29 is 9.32 Å². The fourth-order valence-electron chi connectivity index (χ4n) is 3.22. The summed E-state index contributed by atoms with van der Waals surface area (Å²) in [4.78, 5) is 19.1. The van der Waals surface area contributed by atoms with Gasteiger partial charge in [-0.15, -0.1) is 0 Å². The minimum absolute atomic E-state index is 0.0650. The van der Waals surface area contributed by atoms with E-state index in [9.17, 15) is 4.79 Å². The van der Waals surface area contributed by atoms with Crippen molar-refractivity contribution in [2.24, 2.45) is 5.92 Å². The van der Waals surface area contributed by atoms with Crippen LogP contribution in [-0.4, -0.2) is 29.0 Å². The van der Waals surface area contributed by atoms with Crippen LogP contribution in [0.15, 0.2) is 65.2 Å². The Morgan fingerprint density at radius 2 is 1.60 bits per heavy atom. The maximum Gasteiger partial charge on any atom is 0.324 e. The third kappa shape index (κ3) is 3.31. The van der Waals surface area contributed by atoms with Gasteiger partial charge in [0.1, 0.15) is 0 Å². The Labute approximate surface area is 146 Å². The van der Waals surface area contributed by atoms with E-state index in [2.05, 4.69) is 15.0 Å². The van der Waals surface area contributed by atoms with Gasteiger partial charge < -0.3 is 9.42 Å². The van der Waals surface area contributed by atoms with Crippen molar-refractivity contribution in [3.05, 3.63) is 66.2 Å². The van der Waals surface area contributed by atoms with E-state index in [4.69, 9.17) is 4.52 Å². The quantitative estimate of drug-likeness (QED) is 0.679. The highest BCUT2D eigenvalue weighted by Crippen LogP contribution is 2.26. The summed E-state index contributed by atoms with van der Waals surface area (Å²) in [6, 6.07) is 19.8. The van der Waals surface area contributed by atoms with Crippen LogP contribution < -0.4 is 4.90 Å². The third-order valence-corrected chi connectivity index (χ3v) is 4.64. The first kappa shape index (κ1) is 15.6. The zero-order valence-corrected chi connectivity index (χ0v) is 13.8. The summed E-state index contributed by atoms with van der Waals surface area (Å²) in [5, 5.41) is 4.07. The van der Waals surface area contributed by atoms with Crippen molar-refractivity contribution in [2.75, 3.05) is 18.0 Å². The van der Waals surface area contributed by atoms with E-state index in [-0.39, 0.29) is 11.7 Å². The lowest BCUT2D eigenvalue weighted by molar-refractivity contribution is 0.0899. The number of carbonyl (C=O) groups is 1. The fraction of sp³-hybridized carbons (Fsp3) is 0.250. The molecule has 1 aliphatic heterocycles. The number of nitrogens with zero attached hydrogens (tertiary/aromatic N) is 3. The summed E-state index contributed by atoms with van der Waals surface area (Å²) >= 11 is 0. The van der Waals surface area contributed by atoms with Crippen LogP contribution in [-0.2, 0) is 0 Å². The Hall–Kier alpha value is -2.95. The molecule has 4 rings (SSSR count). The molecule has 5 nitrogen and oxygen atoms in total. The zero-order chi connectivity index (χ0) is 17.1. The molecule has 5 heteroatoms. The van der Waals surface area contributed by atoms with Gasteiger partial charge in [0.25, 0.3) is 0 Å². The second kappa shape index (κ2) is 6.89. The van der Waals surface area contributed by atoms with Gasteiger partial charge in [0, 0.05) is 30.1 Å². The van der Waals surface area contributed by atoms with Crippen molar-refractivity contribution in [3.8, 4) is 11.4 Å². The highest BCUT2D eigenvalue weighted by Gasteiger charge is 2.28. The van der Waals surface area contributed by atoms with Crippen LogP contribution in [0.25, 0.3) is 11.4 Å². The number of hydrogen-bond acceptors (Lipinski definition) is 5. The van der Waals surface area contributed by atoms with Gasteiger partial charge in [0.2, 0.25) is 5.82 Å². The molecule has 0 saturated carbocycles. The van der Waals surface area contributed by atoms with Crippen LogP contribution >= 0.6 is 0 Å². The Balaban J connectivity index is 1.41. The Kier molecular flexibility index (Phi) is 4.29. The number of ketones is 1. The van der Waals surface area contributed by atoms with Crippen molar-refractivity contribution in [1.29, 1.82) is 0 Å². The van der Waals surface area contributed by atoms with E-state index >= 15 is 0 Å². The number of benzene rings is 2. The molecule has 2 heterocycles. The Morgan fingerprint density at radius 3 is 2.28 bits per heavy atom. The summed E-state index contributed by atoms with van der Waals surface area (Å²) in [5.41, 5.74) is 1.73. The van der Waals surface area contributed by atoms with Gasteiger partial charge in [-0.3, -0.25) is 4.79 Å². The molecule has 2 aromatic carbocycles. The van der Waals surface area contributed by atoms with E-state index in [0.717, 1.165) is 37.1 Å². The summed E-state index contributed by atoms with van der Waals surface area (Å²) in [6.07, 6.45) is 1.60. The SMILES string of the molecule is O=C(c1ccccc1)C1CCN(c2nc(-c3ccccc3)no2)CC1. The predicted molar refractivity (Wildman–Crippen MR) is 95.4 cm³/mol. The number of rotatable bonds is 4. The van der Waals surface area contributed by atoms with Crippen molar-refractivity contribution in [3.63, 3.8) is 0 Å². The summed E-state index contributed by atoms with van der Waals surface area (Å²) in [6.45, 7) is 1.50. The highest BCUT2D eigenvalue weighted by atomic mass is 16.5. The first-order chi connectivity index (χ1) is 12.3. The van der Waals surface area contributed by atoms with E-state index in [0.29, 0.717) is 11.8 Å². The molecule has 0 N–H and O–H groups in total. The van der Waals surface area contributed by atoms with E-state index in [1.165, 1.54) is 0 Å². The van der Waals surface area contributed by atoms with Crippen LogP contribution in [0.4, 0.5) is 6.01 Å². The van der Waals surface area contributed by atoms with E-state index in [1.807, 2.05) is 60.7 Å². The lowest BCUT2D eigenvalue weighted by Crippen LogP contribution is -2.36. The van der Waals surface area contributed by atoms with Crippen molar-refractivity contribution in [1.82, 2.24) is 10.1 Å². The van der Waals surface area contributed by atoms with Gasteiger partial charge in [0.05, 0.1) is 0 Å². The standard InChI is InChI=1S/C20H19N3O2/c24-18(15-7-3-1-4-8-15)16-11-13-23(14-12-16)20-21-19(22-25-20)17-9-5-2-6-10-17/h1-10,16H,11-14H2.